The second kappa shape index (κ2) is 12.9. The molecule has 0 radical (unpaired) electrons. The molecule has 1 saturated heterocycles. The van der Waals surface area contributed by atoms with Gasteiger partial charge in [-0.15, -0.1) is 0 Å². The Labute approximate surface area is 221 Å². The van der Waals surface area contributed by atoms with Gasteiger partial charge in [0.2, 0.25) is 0 Å². The van der Waals surface area contributed by atoms with Crippen LogP contribution in [0, 0.1) is 0 Å². The van der Waals surface area contributed by atoms with Gasteiger partial charge in [0, 0.05) is 33.2 Å². The standard InChI is InChI=1S/C33H37N3O/c1-4-5-9-16-27(2)31(28-17-10-6-11-18-28)35-23-25-36(26-24-35)33(37)34(3)32(29-19-12-7-13-20-29)30-21-14-8-15-22-30/h4-22,31-32H,2,23-26H2,1,3H3/b5-4-,16-9-. The highest BCUT2D eigenvalue weighted by Gasteiger charge is 2.32. The van der Waals surface area contributed by atoms with Gasteiger partial charge in [0.25, 0.3) is 0 Å². The Balaban J connectivity index is 1.49. The van der Waals surface area contributed by atoms with Gasteiger partial charge in [-0.1, -0.05) is 122 Å². The number of rotatable bonds is 8. The lowest BCUT2D eigenvalue weighted by Crippen LogP contribution is -2.53. The lowest BCUT2D eigenvalue weighted by molar-refractivity contribution is 0.0992. The van der Waals surface area contributed by atoms with Gasteiger partial charge < -0.3 is 9.80 Å². The normalized spacial score (nSPS) is 15.4. The van der Waals surface area contributed by atoms with Crippen LogP contribution in [0.25, 0.3) is 0 Å². The van der Waals surface area contributed by atoms with Crippen LogP contribution in [-0.4, -0.2) is 54.0 Å². The summed E-state index contributed by atoms with van der Waals surface area (Å²) in [6.45, 7) is 9.34. The van der Waals surface area contributed by atoms with Crippen LogP contribution >= 0.6 is 0 Å². The van der Waals surface area contributed by atoms with Gasteiger partial charge in [0.1, 0.15) is 0 Å². The summed E-state index contributed by atoms with van der Waals surface area (Å²) in [6, 6.07) is 31.0. The maximum Gasteiger partial charge on any atom is 0.320 e. The minimum absolute atomic E-state index is 0.0559. The first-order chi connectivity index (χ1) is 18.1. The van der Waals surface area contributed by atoms with E-state index in [-0.39, 0.29) is 18.1 Å². The SMILES string of the molecule is C=C(/C=C\C=C/C)C(c1ccccc1)N1CCN(C(=O)N(C)C(c2ccccc2)c2ccccc2)CC1. The van der Waals surface area contributed by atoms with Crippen molar-refractivity contribution in [1.29, 1.82) is 0 Å². The molecular weight excluding hydrogens is 454 g/mol. The first kappa shape index (κ1) is 26.2. The van der Waals surface area contributed by atoms with Crippen molar-refractivity contribution in [3.8, 4) is 0 Å². The number of nitrogens with zero attached hydrogens (tertiary/aromatic N) is 3. The molecule has 1 unspecified atom stereocenters. The van der Waals surface area contributed by atoms with Gasteiger partial charge in [-0.3, -0.25) is 4.90 Å². The molecule has 0 aromatic heterocycles. The molecule has 3 aromatic carbocycles. The molecule has 1 fully saturated rings. The summed E-state index contributed by atoms with van der Waals surface area (Å²) < 4.78 is 0. The average molecular weight is 492 g/mol. The summed E-state index contributed by atoms with van der Waals surface area (Å²) in [5.74, 6) is 0. The molecule has 0 bridgehead atoms. The number of benzene rings is 3. The zero-order chi connectivity index (χ0) is 26.0. The Bertz CT molecular complexity index is 1160. The van der Waals surface area contributed by atoms with Crippen LogP contribution in [0.2, 0.25) is 0 Å². The van der Waals surface area contributed by atoms with Crippen LogP contribution in [0.5, 0.6) is 0 Å². The molecule has 1 aliphatic heterocycles. The Kier molecular flexibility index (Phi) is 9.12. The maximum atomic E-state index is 13.7. The zero-order valence-electron chi connectivity index (χ0n) is 21.9. The molecule has 4 rings (SSSR count). The third-order valence-electron chi connectivity index (χ3n) is 6.95. The highest BCUT2D eigenvalue weighted by atomic mass is 16.2. The van der Waals surface area contributed by atoms with E-state index in [2.05, 4.69) is 66.1 Å². The molecule has 1 atom stereocenters. The minimum atomic E-state index is -0.137. The summed E-state index contributed by atoms with van der Waals surface area (Å²) in [7, 11) is 1.92. The van der Waals surface area contributed by atoms with E-state index in [1.807, 2.05) is 84.5 Å². The molecule has 2 amide bonds. The number of hydrogen-bond acceptors (Lipinski definition) is 2. The topological polar surface area (TPSA) is 26.8 Å². The molecule has 1 heterocycles. The molecule has 1 aliphatic rings. The van der Waals surface area contributed by atoms with E-state index in [1.165, 1.54) is 5.56 Å². The molecule has 4 nitrogen and oxygen atoms in total. The van der Waals surface area contributed by atoms with Gasteiger partial charge in [-0.2, -0.15) is 0 Å². The van der Waals surface area contributed by atoms with Crippen molar-refractivity contribution in [3.05, 3.63) is 144 Å². The Morgan fingerprint density at radius 1 is 0.784 bits per heavy atom. The van der Waals surface area contributed by atoms with Crippen LogP contribution in [-0.2, 0) is 0 Å². The predicted octanol–water partition coefficient (Wildman–Crippen LogP) is 6.88. The fraction of sp³-hybridized carbons (Fsp3) is 0.242. The summed E-state index contributed by atoms with van der Waals surface area (Å²) in [5, 5.41) is 0. The number of hydrogen-bond donors (Lipinski definition) is 0. The van der Waals surface area contributed by atoms with Gasteiger partial charge in [0.15, 0.2) is 0 Å². The van der Waals surface area contributed by atoms with E-state index in [1.54, 1.807) is 0 Å². The van der Waals surface area contributed by atoms with Crippen LogP contribution in [0.4, 0.5) is 4.79 Å². The molecule has 190 valence electrons. The fourth-order valence-electron chi connectivity index (χ4n) is 5.09. The summed E-state index contributed by atoms with van der Waals surface area (Å²) in [6.07, 6.45) is 8.17. The summed E-state index contributed by atoms with van der Waals surface area (Å²) in [4.78, 5) is 20.0. The second-order valence-electron chi connectivity index (χ2n) is 9.41. The summed E-state index contributed by atoms with van der Waals surface area (Å²) >= 11 is 0. The number of amides is 2. The van der Waals surface area contributed by atoms with E-state index in [0.29, 0.717) is 13.1 Å². The van der Waals surface area contributed by atoms with E-state index < -0.39 is 0 Å². The molecule has 3 aromatic rings. The first-order valence-corrected chi connectivity index (χ1v) is 13.0. The Morgan fingerprint density at radius 2 is 1.27 bits per heavy atom. The summed E-state index contributed by atoms with van der Waals surface area (Å²) in [5.41, 5.74) is 4.49. The van der Waals surface area contributed by atoms with E-state index in [0.717, 1.165) is 29.8 Å². The molecule has 4 heteroatoms. The lowest BCUT2D eigenvalue weighted by Gasteiger charge is -2.42. The van der Waals surface area contributed by atoms with Crippen molar-refractivity contribution in [2.24, 2.45) is 0 Å². The van der Waals surface area contributed by atoms with Crippen LogP contribution in [0.15, 0.2) is 127 Å². The van der Waals surface area contributed by atoms with E-state index >= 15 is 0 Å². The average Bonchev–Trinajstić information content (AvgIpc) is 2.95. The van der Waals surface area contributed by atoms with E-state index in [9.17, 15) is 4.79 Å². The van der Waals surface area contributed by atoms with Crippen molar-refractivity contribution in [1.82, 2.24) is 14.7 Å². The maximum absolute atomic E-state index is 13.7. The molecular formula is C33H37N3O. The van der Waals surface area contributed by atoms with Crippen molar-refractivity contribution in [2.75, 3.05) is 33.2 Å². The first-order valence-electron chi connectivity index (χ1n) is 13.0. The van der Waals surface area contributed by atoms with Gasteiger partial charge in [0.05, 0.1) is 12.1 Å². The highest BCUT2D eigenvalue weighted by molar-refractivity contribution is 5.75. The fourth-order valence-corrected chi connectivity index (χ4v) is 5.09. The largest absolute Gasteiger partial charge is 0.322 e. The minimum Gasteiger partial charge on any atom is -0.322 e. The van der Waals surface area contributed by atoms with Crippen LogP contribution in [0.1, 0.15) is 35.7 Å². The third-order valence-corrected chi connectivity index (χ3v) is 6.95. The Morgan fingerprint density at radius 3 is 1.76 bits per heavy atom. The van der Waals surface area contributed by atoms with Crippen molar-refractivity contribution >= 4 is 6.03 Å². The number of urea groups is 1. The predicted molar refractivity (Wildman–Crippen MR) is 153 cm³/mol. The highest BCUT2D eigenvalue weighted by Crippen LogP contribution is 2.31. The molecule has 0 spiro atoms. The lowest BCUT2D eigenvalue weighted by atomic mass is 9.96. The second-order valence-corrected chi connectivity index (χ2v) is 9.41. The van der Waals surface area contributed by atoms with Crippen LogP contribution < -0.4 is 0 Å². The van der Waals surface area contributed by atoms with Gasteiger partial charge in [-0.25, -0.2) is 4.79 Å². The Hall–Kier alpha value is -3.89. The molecule has 37 heavy (non-hydrogen) atoms. The number of carbonyl (C=O) groups is 1. The molecule has 0 N–H and O–H groups in total. The third kappa shape index (κ3) is 6.46. The van der Waals surface area contributed by atoms with Gasteiger partial charge in [-0.05, 0) is 29.2 Å². The number of allylic oxidation sites excluding steroid dienone is 3. The monoisotopic (exact) mass is 491 g/mol. The van der Waals surface area contributed by atoms with E-state index in [4.69, 9.17) is 0 Å². The number of piperazine rings is 1. The molecule has 0 saturated carbocycles. The van der Waals surface area contributed by atoms with Crippen LogP contribution in [0.3, 0.4) is 0 Å². The van der Waals surface area contributed by atoms with Crippen molar-refractivity contribution < 1.29 is 4.79 Å². The van der Waals surface area contributed by atoms with Crippen molar-refractivity contribution in [3.63, 3.8) is 0 Å². The smallest absolute Gasteiger partial charge is 0.320 e. The van der Waals surface area contributed by atoms with Crippen molar-refractivity contribution in [2.45, 2.75) is 19.0 Å². The number of carbonyl (C=O) groups excluding carboxylic acids is 1. The zero-order valence-corrected chi connectivity index (χ0v) is 21.9. The quantitative estimate of drug-likeness (QED) is 0.321. The molecule has 0 aliphatic carbocycles. The van der Waals surface area contributed by atoms with Gasteiger partial charge >= 0.3 is 6.03 Å².